The summed E-state index contributed by atoms with van der Waals surface area (Å²) in [6.45, 7) is 6.01. The third-order valence-corrected chi connectivity index (χ3v) is 6.04. The number of rotatable bonds is 7. The van der Waals surface area contributed by atoms with Crippen LogP contribution in [0.1, 0.15) is 42.3 Å². The second kappa shape index (κ2) is 10.6. The van der Waals surface area contributed by atoms with Crippen LogP contribution in [0.5, 0.6) is 0 Å². The molecule has 7 nitrogen and oxygen atoms in total. The normalized spacial score (nSPS) is 15.1. The highest BCUT2D eigenvalue weighted by molar-refractivity contribution is 8.18. The van der Waals surface area contributed by atoms with Crippen LogP contribution in [0.3, 0.4) is 0 Å². The average molecular weight is 484 g/mol. The molecule has 0 aromatic heterocycles. The molecule has 1 heterocycles. The Labute approximate surface area is 201 Å². The molecule has 0 unspecified atom stereocenters. The number of benzene rings is 2. The van der Waals surface area contributed by atoms with Crippen molar-refractivity contribution in [3.8, 4) is 0 Å². The second-order valence-electron chi connectivity index (χ2n) is 8.72. The smallest absolute Gasteiger partial charge is 0.293 e. The van der Waals surface area contributed by atoms with Crippen LogP contribution in [0.4, 0.5) is 9.18 Å². The maximum absolute atomic E-state index is 13.6. The fourth-order valence-electron chi connectivity index (χ4n) is 3.19. The van der Waals surface area contributed by atoms with Crippen LogP contribution >= 0.6 is 11.8 Å². The fraction of sp³-hybridized carbons (Fsp3) is 0.280. The van der Waals surface area contributed by atoms with Crippen LogP contribution in [-0.2, 0) is 15.0 Å². The highest BCUT2D eigenvalue weighted by atomic mass is 32.2. The van der Waals surface area contributed by atoms with Crippen molar-refractivity contribution in [3.05, 3.63) is 75.9 Å². The lowest BCUT2D eigenvalue weighted by atomic mass is 9.87. The molecule has 3 rings (SSSR count). The lowest BCUT2D eigenvalue weighted by Gasteiger charge is -2.18. The molecule has 2 aromatic carbocycles. The van der Waals surface area contributed by atoms with Gasteiger partial charge in [0.15, 0.2) is 0 Å². The number of nitrogens with one attached hydrogen (secondary N) is 2. The molecule has 4 amide bonds. The van der Waals surface area contributed by atoms with Crippen molar-refractivity contribution in [2.45, 2.75) is 26.2 Å². The first-order valence-electron chi connectivity index (χ1n) is 10.7. The minimum Gasteiger partial charge on any atom is -0.353 e. The van der Waals surface area contributed by atoms with Crippen molar-refractivity contribution >= 4 is 40.8 Å². The summed E-state index contributed by atoms with van der Waals surface area (Å²) in [6.07, 6.45) is 1.67. The van der Waals surface area contributed by atoms with Gasteiger partial charge >= 0.3 is 0 Å². The van der Waals surface area contributed by atoms with Gasteiger partial charge in [-0.3, -0.25) is 24.1 Å². The molecule has 0 spiro atoms. The van der Waals surface area contributed by atoms with E-state index in [0.29, 0.717) is 4.91 Å². The zero-order chi connectivity index (χ0) is 24.9. The van der Waals surface area contributed by atoms with Gasteiger partial charge in [-0.15, -0.1) is 0 Å². The van der Waals surface area contributed by atoms with Gasteiger partial charge < -0.3 is 10.6 Å². The van der Waals surface area contributed by atoms with E-state index in [2.05, 4.69) is 31.4 Å². The summed E-state index contributed by atoms with van der Waals surface area (Å²) in [5.74, 6) is -2.33. The van der Waals surface area contributed by atoms with Crippen molar-refractivity contribution in [2.24, 2.45) is 0 Å². The van der Waals surface area contributed by atoms with Gasteiger partial charge in [0.1, 0.15) is 5.82 Å². The van der Waals surface area contributed by atoms with Crippen LogP contribution in [0.15, 0.2) is 53.4 Å². The highest BCUT2D eigenvalue weighted by Crippen LogP contribution is 2.32. The topological polar surface area (TPSA) is 95.6 Å². The zero-order valence-corrected chi connectivity index (χ0v) is 20.0. The van der Waals surface area contributed by atoms with Gasteiger partial charge in [0, 0.05) is 13.1 Å². The maximum Gasteiger partial charge on any atom is 0.293 e. The Kier molecular flexibility index (Phi) is 7.88. The first kappa shape index (κ1) is 25.2. The van der Waals surface area contributed by atoms with E-state index in [4.69, 9.17) is 0 Å². The number of hydrogen-bond donors (Lipinski definition) is 2. The molecule has 0 saturated carbocycles. The lowest BCUT2D eigenvalue weighted by molar-refractivity contribution is -0.124. The number of nitrogens with zero attached hydrogens (tertiary/aromatic N) is 1. The van der Waals surface area contributed by atoms with E-state index in [1.165, 1.54) is 23.8 Å². The quantitative estimate of drug-likeness (QED) is 0.586. The van der Waals surface area contributed by atoms with Gasteiger partial charge in [-0.05, 0) is 46.5 Å². The molecular weight excluding hydrogens is 457 g/mol. The summed E-state index contributed by atoms with van der Waals surface area (Å²) >= 11 is 0.852. The van der Waals surface area contributed by atoms with Gasteiger partial charge in [0.2, 0.25) is 5.91 Å². The number of carbonyl (C=O) groups excluding carboxylic acids is 4. The number of thioether (sulfide) groups is 1. The van der Waals surface area contributed by atoms with E-state index < -0.39 is 28.8 Å². The number of amides is 4. The van der Waals surface area contributed by atoms with Crippen molar-refractivity contribution in [3.63, 3.8) is 0 Å². The predicted octanol–water partition coefficient (Wildman–Crippen LogP) is 3.71. The Hall–Kier alpha value is -3.46. The Bertz CT molecular complexity index is 1140. The first-order valence-corrected chi connectivity index (χ1v) is 11.5. The summed E-state index contributed by atoms with van der Waals surface area (Å²) in [4.78, 5) is 50.2. The number of halogens is 1. The first-order chi connectivity index (χ1) is 16.1. The molecule has 0 aliphatic carbocycles. The number of carbonyl (C=O) groups is 4. The van der Waals surface area contributed by atoms with Crippen molar-refractivity contribution in [2.75, 3.05) is 19.6 Å². The summed E-state index contributed by atoms with van der Waals surface area (Å²) < 4.78 is 13.6. The molecule has 1 saturated heterocycles. The highest BCUT2D eigenvalue weighted by Gasteiger charge is 2.34. The predicted molar refractivity (Wildman–Crippen MR) is 130 cm³/mol. The zero-order valence-electron chi connectivity index (χ0n) is 19.2. The SMILES string of the molecule is CC(C)(C)c1ccc(C=C2SC(=O)N(CCNC(=O)CNC(=O)c3ccccc3F)C2=O)cc1. The van der Waals surface area contributed by atoms with Gasteiger partial charge in [-0.25, -0.2) is 4.39 Å². The van der Waals surface area contributed by atoms with E-state index in [1.54, 1.807) is 6.08 Å². The summed E-state index contributed by atoms with van der Waals surface area (Å²) in [5, 5.41) is 4.45. The Morgan fingerprint density at radius 1 is 1.03 bits per heavy atom. The van der Waals surface area contributed by atoms with Crippen molar-refractivity contribution in [1.29, 1.82) is 0 Å². The third kappa shape index (κ3) is 6.32. The van der Waals surface area contributed by atoms with Crippen molar-refractivity contribution in [1.82, 2.24) is 15.5 Å². The Morgan fingerprint density at radius 3 is 2.35 bits per heavy atom. The molecule has 178 valence electrons. The fourth-order valence-corrected chi connectivity index (χ4v) is 4.06. The van der Waals surface area contributed by atoms with Crippen LogP contribution < -0.4 is 10.6 Å². The van der Waals surface area contributed by atoms with E-state index in [9.17, 15) is 23.6 Å². The molecule has 0 radical (unpaired) electrons. The minimum atomic E-state index is -0.708. The van der Waals surface area contributed by atoms with E-state index in [-0.39, 0.29) is 30.6 Å². The molecule has 1 fully saturated rings. The van der Waals surface area contributed by atoms with E-state index in [0.717, 1.165) is 28.3 Å². The second-order valence-corrected chi connectivity index (χ2v) is 9.71. The summed E-state index contributed by atoms with van der Waals surface area (Å²) in [7, 11) is 0. The van der Waals surface area contributed by atoms with Gasteiger partial charge in [0.25, 0.3) is 17.1 Å². The molecule has 0 bridgehead atoms. The standard InChI is InChI=1S/C25H26FN3O4S/c1-25(2,3)17-10-8-16(9-11-17)14-20-23(32)29(24(33)34-20)13-12-27-21(30)15-28-22(31)18-6-4-5-7-19(18)26/h4-11,14H,12-13,15H2,1-3H3,(H,27,30)(H,28,31). The molecule has 2 N–H and O–H groups in total. The van der Waals surface area contributed by atoms with Crippen LogP contribution in [-0.4, -0.2) is 47.5 Å². The molecular formula is C25H26FN3O4S. The van der Waals surface area contributed by atoms with Crippen molar-refractivity contribution < 1.29 is 23.6 Å². The third-order valence-electron chi connectivity index (χ3n) is 5.13. The molecule has 1 aliphatic rings. The maximum atomic E-state index is 13.6. The van der Waals surface area contributed by atoms with E-state index >= 15 is 0 Å². The minimum absolute atomic E-state index is 0.00202. The van der Waals surface area contributed by atoms with Crippen LogP contribution in [0, 0.1) is 5.82 Å². The van der Waals surface area contributed by atoms with Gasteiger partial charge in [-0.1, -0.05) is 57.2 Å². The molecule has 34 heavy (non-hydrogen) atoms. The largest absolute Gasteiger partial charge is 0.353 e. The van der Waals surface area contributed by atoms with Crippen LogP contribution in [0.25, 0.3) is 6.08 Å². The monoisotopic (exact) mass is 483 g/mol. The Balaban J connectivity index is 1.49. The molecule has 0 atom stereocenters. The number of imide groups is 1. The number of hydrogen-bond acceptors (Lipinski definition) is 5. The molecule has 1 aliphatic heterocycles. The summed E-state index contributed by atoms with van der Waals surface area (Å²) in [6, 6.07) is 13.3. The van der Waals surface area contributed by atoms with Gasteiger partial charge in [0.05, 0.1) is 17.0 Å². The van der Waals surface area contributed by atoms with Crippen LogP contribution in [0.2, 0.25) is 0 Å². The molecule has 9 heteroatoms. The summed E-state index contributed by atoms with van der Waals surface area (Å²) in [5.41, 5.74) is 1.84. The van der Waals surface area contributed by atoms with Gasteiger partial charge in [-0.2, -0.15) is 0 Å². The molecule has 2 aromatic rings. The average Bonchev–Trinajstić information content (AvgIpc) is 3.05. The lowest BCUT2D eigenvalue weighted by Crippen LogP contribution is -2.41. The Morgan fingerprint density at radius 2 is 1.71 bits per heavy atom. The van der Waals surface area contributed by atoms with E-state index in [1.807, 2.05) is 24.3 Å².